The lowest BCUT2D eigenvalue weighted by atomic mass is 9.86. The lowest BCUT2D eigenvalue weighted by Gasteiger charge is -2.32. The summed E-state index contributed by atoms with van der Waals surface area (Å²) >= 11 is 0. The Bertz CT molecular complexity index is 660. The highest BCUT2D eigenvalue weighted by Crippen LogP contribution is 2.45. The smallest absolute Gasteiger partial charge is 0.193 e. The number of nitrogens with zero attached hydrogens (tertiary/aromatic N) is 4. The van der Waals surface area contributed by atoms with Crippen molar-refractivity contribution < 1.29 is 0 Å². The standard InChI is InChI=1S/C23H37N5.HI/c1-24-22(28-12-11-23(19-28)9-3-4-10-23)25-17-20-5-7-21(8-6-20)18-27-15-13-26(2)14-16-27;/h5-8H,3-4,9-19H2,1-2H3,(H,24,25);1H. The first-order chi connectivity index (χ1) is 13.7. The topological polar surface area (TPSA) is 34.1 Å². The minimum Gasteiger partial charge on any atom is -0.352 e. The van der Waals surface area contributed by atoms with E-state index in [0.717, 1.165) is 25.6 Å². The van der Waals surface area contributed by atoms with Gasteiger partial charge in [0.25, 0.3) is 0 Å². The molecule has 1 aliphatic carbocycles. The molecule has 0 radical (unpaired) electrons. The second kappa shape index (κ2) is 10.4. The van der Waals surface area contributed by atoms with Crippen LogP contribution in [-0.4, -0.2) is 74.0 Å². The van der Waals surface area contributed by atoms with Crippen LogP contribution in [0.3, 0.4) is 0 Å². The van der Waals surface area contributed by atoms with Gasteiger partial charge in [0, 0.05) is 59.4 Å². The van der Waals surface area contributed by atoms with E-state index in [2.05, 4.69) is 56.3 Å². The zero-order valence-electron chi connectivity index (χ0n) is 18.2. The van der Waals surface area contributed by atoms with Gasteiger partial charge < -0.3 is 15.1 Å². The van der Waals surface area contributed by atoms with Crippen LogP contribution in [0.15, 0.2) is 29.3 Å². The third-order valence-electron chi connectivity index (χ3n) is 7.09. The number of likely N-dealkylation sites (tertiary alicyclic amines) is 1. The van der Waals surface area contributed by atoms with Crippen LogP contribution in [0.1, 0.15) is 43.2 Å². The molecule has 0 bridgehead atoms. The van der Waals surface area contributed by atoms with E-state index in [1.54, 1.807) is 0 Å². The van der Waals surface area contributed by atoms with Gasteiger partial charge in [0.15, 0.2) is 5.96 Å². The lowest BCUT2D eigenvalue weighted by Crippen LogP contribution is -2.43. The fourth-order valence-electron chi connectivity index (χ4n) is 5.19. The highest BCUT2D eigenvalue weighted by molar-refractivity contribution is 14.0. The van der Waals surface area contributed by atoms with E-state index < -0.39 is 0 Å². The summed E-state index contributed by atoms with van der Waals surface area (Å²) < 4.78 is 0. The molecule has 3 aliphatic rings. The molecule has 6 heteroatoms. The van der Waals surface area contributed by atoms with E-state index in [-0.39, 0.29) is 24.0 Å². The van der Waals surface area contributed by atoms with Crippen LogP contribution < -0.4 is 5.32 Å². The highest BCUT2D eigenvalue weighted by Gasteiger charge is 2.41. The van der Waals surface area contributed by atoms with Crippen molar-refractivity contribution in [1.29, 1.82) is 0 Å². The average Bonchev–Trinajstić information content (AvgIpc) is 3.35. The number of hydrogen-bond acceptors (Lipinski definition) is 3. The maximum atomic E-state index is 4.56. The molecule has 1 aromatic carbocycles. The number of hydrogen-bond donors (Lipinski definition) is 1. The van der Waals surface area contributed by atoms with E-state index in [0.29, 0.717) is 5.41 Å². The Hall–Kier alpha value is -0.860. The predicted octanol–water partition coefficient (Wildman–Crippen LogP) is 3.39. The summed E-state index contributed by atoms with van der Waals surface area (Å²) in [5.74, 6) is 1.07. The first-order valence-electron chi connectivity index (χ1n) is 11.1. The van der Waals surface area contributed by atoms with Crippen molar-refractivity contribution in [3.8, 4) is 0 Å². The molecule has 2 heterocycles. The van der Waals surface area contributed by atoms with Gasteiger partial charge in [-0.25, -0.2) is 0 Å². The average molecular weight is 511 g/mol. The Labute approximate surface area is 193 Å². The fourth-order valence-corrected chi connectivity index (χ4v) is 5.19. The molecule has 5 nitrogen and oxygen atoms in total. The van der Waals surface area contributed by atoms with Crippen LogP contribution in [0.25, 0.3) is 0 Å². The Morgan fingerprint density at radius 3 is 2.28 bits per heavy atom. The van der Waals surface area contributed by atoms with Gasteiger partial charge in [-0.15, -0.1) is 24.0 Å². The summed E-state index contributed by atoms with van der Waals surface area (Å²) in [6.45, 7) is 8.98. The van der Waals surface area contributed by atoms with Gasteiger partial charge in [0.2, 0.25) is 0 Å². The van der Waals surface area contributed by atoms with Gasteiger partial charge in [-0.3, -0.25) is 9.89 Å². The van der Waals surface area contributed by atoms with Crippen molar-refractivity contribution in [2.75, 3.05) is 53.4 Å². The Kier molecular flexibility index (Phi) is 8.22. The minimum atomic E-state index is 0. The summed E-state index contributed by atoms with van der Waals surface area (Å²) in [7, 11) is 4.13. The van der Waals surface area contributed by atoms with Crippen LogP contribution >= 0.6 is 24.0 Å². The van der Waals surface area contributed by atoms with E-state index in [4.69, 9.17) is 0 Å². The number of nitrogens with one attached hydrogen (secondary N) is 1. The van der Waals surface area contributed by atoms with Crippen LogP contribution in [0, 0.1) is 5.41 Å². The quantitative estimate of drug-likeness (QED) is 0.382. The van der Waals surface area contributed by atoms with Crippen LogP contribution in [0.2, 0.25) is 0 Å². The molecule has 0 amide bonds. The maximum absolute atomic E-state index is 4.56. The second-order valence-electron chi connectivity index (χ2n) is 9.18. The normalized spacial score (nSPS) is 22.8. The zero-order chi connectivity index (χ0) is 19.4. The molecule has 1 spiro atoms. The molecule has 0 aromatic heterocycles. The largest absolute Gasteiger partial charge is 0.352 e. The Morgan fingerprint density at radius 2 is 1.62 bits per heavy atom. The van der Waals surface area contributed by atoms with Crippen molar-refractivity contribution in [3.63, 3.8) is 0 Å². The number of likely N-dealkylation sites (N-methyl/N-ethyl adjacent to an activating group) is 1. The van der Waals surface area contributed by atoms with Gasteiger partial charge in [-0.1, -0.05) is 37.1 Å². The van der Waals surface area contributed by atoms with Gasteiger partial charge in [-0.2, -0.15) is 0 Å². The van der Waals surface area contributed by atoms with Gasteiger partial charge in [-0.05, 0) is 42.9 Å². The monoisotopic (exact) mass is 511 g/mol. The van der Waals surface area contributed by atoms with Crippen LogP contribution in [-0.2, 0) is 13.1 Å². The molecule has 162 valence electrons. The van der Waals surface area contributed by atoms with Gasteiger partial charge in [0.05, 0.1) is 0 Å². The molecule has 1 N–H and O–H groups in total. The fraction of sp³-hybridized carbons (Fsp3) is 0.696. The number of piperazine rings is 1. The molecule has 2 saturated heterocycles. The van der Waals surface area contributed by atoms with Crippen LogP contribution in [0.5, 0.6) is 0 Å². The Balaban J connectivity index is 0.00000240. The minimum absolute atomic E-state index is 0. The van der Waals surface area contributed by atoms with E-state index in [1.165, 1.54) is 76.0 Å². The third-order valence-corrected chi connectivity index (χ3v) is 7.09. The van der Waals surface area contributed by atoms with Gasteiger partial charge >= 0.3 is 0 Å². The summed E-state index contributed by atoms with van der Waals surface area (Å²) in [4.78, 5) is 12.0. The number of rotatable bonds is 4. The molecule has 3 fully saturated rings. The SMILES string of the molecule is CN=C(NCc1ccc(CN2CCN(C)CC2)cc1)N1CCC2(CCCC2)C1.I. The van der Waals surface area contributed by atoms with Crippen molar-refractivity contribution in [1.82, 2.24) is 20.0 Å². The summed E-state index contributed by atoms with van der Waals surface area (Å²) in [5, 5.41) is 3.60. The van der Waals surface area contributed by atoms with Crippen molar-refractivity contribution in [3.05, 3.63) is 35.4 Å². The first-order valence-corrected chi connectivity index (χ1v) is 11.1. The molecule has 4 rings (SSSR count). The maximum Gasteiger partial charge on any atom is 0.193 e. The van der Waals surface area contributed by atoms with Crippen LogP contribution in [0.4, 0.5) is 0 Å². The molecule has 2 aliphatic heterocycles. The molecule has 1 aromatic rings. The zero-order valence-corrected chi connectivity index (χ0v) is 20.5. The van der Waals surface area contributed by atoms with Crippen molar-refractivity contribution in [2.24, 2.45) is 10.4 Å². The van der Waals surface area contributed by atoms with E-state index >= 15 is 0 Å². The summed E-state index contributed by atoms with van der Waals surface area (Å²) in [6.07, 6.45) is 7.00. The number of aliphatic imine (C=N–C) groups is 1. The third kappa shape index (κ3) is 5.85. The molecule has 0 atom stereocenters. The molecular weight excluding hydrogens is 473 g/mol. The number of benzene rings is 1. The summed E-state index contributed by atoms with van der Waals surface area (Å²) in [6, 6.07) is 9.13. The number of halogens is 1. The molecular formula is C23H38IN5. The molecule has 0 unspecified atom stereocenters. The van der Waals surface area contributed by atoms with Crippen molar-refractivity contribution >= 4 is 29.9 Å². The second-order valence-corrected chi connectivity index (χ2v) is 9.18. The molecule has 1 saturated carbocycles. The van der Waals surface area contributed by atoms with E-state index in [9.17, 15) is 0 Å². The molecule has 29 heavy (non-hydrogen) atoms. The highest BCUT2D eigenvalue weighted by atomic mass is 127. The van der Waals surface area contributed by atoms with Gasteiger partial charge in [0.1, 0.15) is 0 Å². The Morgan fingerprint density at radius 1 is 0.966 bits per heavy atom. The lowest BCUT2D eigenvalue weighted by molar-refractivity contribution is 0.148. The predicted molar refractivity (Wildman–Crippen MR) is 132 cm³/mol. The number of guanidine groups is 1. The van der Waals surface area contributed by atoms with E-state index in [1.807, 2.05) is 7.05 Å². The first kappa shape index (κ1) is 22.8. The van der Waals surface area contributed by atoms with Crippen molar-refractivity contribution in [2.45, 2.75) is 45.2 Å². The summed E-state index contributed by atoms with van der Waals surface area (Å²) in [5.41, 5.74) is 3.33.